The number of nitrogens with zero attached hydrogens (tertiary/aromatic N) is 3. The van der Waals surface area contributed by atoms with Crippen LogP contribution in [0.15, 0.2) is 58.5 Å². The van der Waals surface area contributed by atoms with Crippen LogP contribution in [0, 0.1) is 15.9 Å². The molecule has 0 saturated heterocycles. The molecule has 0 N–H and O–H groups in total. The van der Waals surface area contributed by atoms with Crippen LogP contribution < -0.4 is 0 Å². The van der Waals surface area contributed by atoms with Gasteiger partial charge >= 0.3 is 133 Å². The van der Waals surface area contributed by atoms with Gasteiger partial charge in [0.15, 0.2) is 0 Å². The third kappa shape index (κ3) is 4.27. The molecule has 0 bridgehead atoms. The van der Waals surface area contributed by atoms with Gasteiger partial charge in [-0.05, 0) is 0 Å². The van der Waals surface area contributed by atoms with Crippen LogP contribution in [-0.2, 0) is 6.54 Å². The van der Waals surface area contributed by atoms with E-state index in [9.17, 15) is 14.5 Å². The van der Waals surface area contributed by atoms with Crippen molar-refractivity contribution in [2.24, 2.45) is 9.98 Å². The molecule has 0 radical (unpaired) electrons. The zero-order valence-corrected chi connectivity index (χ0v) is 13.0. The summed E-state index contributed by atoms with van der Waals surface area (Å²) in [6.45, 7) is 0.301. The first-order chi connectivity index (χ1) is 10.6. The van der Waals surface area contributed by atoms with E-state index in [4.69, 9.17) is 0 Å². The Morgan fingerprint density at radius 3 is 2.36 bits per heavy atom. The van der Waals surface area contributed by atoms with Gasteiger partial charge in [-0.15, -0.1) is 0 Å². The maximum absolute atomic E-state index is 12.9. The van der Waals surface area contributed by atoms with Crippen molar-refractivity contribution >= 4 is 31.8 Å². The molecule has 0 atom stereocenters. The molecule has 7 heteroatoms. The van der Waals surface area contributed by atoms with Gasteiger partial charge in [-0.2, -0.15) is 0 Å². The number of amidine groups is 1. The topological polar surface area (TPSA) is 67.9 Å². The van der Waals surface area contributed by atoms with Gasteiger partial charge in [0, 0.05) is 0 Å². The van der Waals surface area contributed by atoms with Gasteiger partial charge in [0.2, 0.25) is 0 Å². The second-order valence-electron chi connectivity index (χ2n) is 4.27. The van der Waals surface area contributed by atoms with Gasteiger partial charge in [-0.25, -0.2) is 0 Å². The summed E-state index contributed by atoms with van der Waals surface area (Å²) in [6.07, 6.45) is 0. The Hall–Kier alpha value is -2.46. The molecule has 0 aliphatic rings. The molecule has 0 aromatic heterocycles. The first-order valence-electron chi connectivity index (χ1n) is 6.22. The summed E-state index contributed by atoms with van der Waals surface area (Å²) in [5.74, 6) is 0.0617. The van der Waals surface area contributed by atoms with Crippen LogP contribution in [0.1, 0.15) is 11.1 Å². The summed E-state index contributed by atoms with van der Waals surface area (Å²) in [6, 6.07) is 11.9. The van der Waals surface area contributed by atoms with E-state index in [1.165, 1.54) is 24.3 Å². The molecule has 0 fully saturated rings. The second-order valence-corrected chi connectivity index (χ2v) is 4.66. The minimum absolute atomic E-state index is 0.0287. The van der Waals surface area contributed by atoms with Crippen molar-refractivity contribution in [3.63, 3.8) is 0 Å². The van der Waals surface area contributed by atoms with E-state index in [-0.39, 0.29) is 11.5 Å². The summed E-state index contributed by atoms with van der Waals surface area (Å²) in [5, 5.41) is 10.6. The molecule has 0 unspecified atom stereocenters. The van der Waals surface area contributed by atoms with E-state index in [0.717, 1.165) is 5.56 Å². The number of non-ortho nitro benzene ring substituents is 1. The van der Waals surface area contributed by atoms with Crippen molar-refractivity contribution in [3.05, 3.63) is 75.6 Å². The predicted octanol–water partition coefficient (Wildman–Crippen LogP) is 2.75. The van der Waals surface area contributed by atoms with Crippen molar-refractivity contribution in [2.75, 3.05) is 0 Å². The Morgan fingerprint density at radius 1 is 1.18 bits per heavy atom. The van der Waals surface area contributed by atoms with Crippen molar-refractivity contribution in [1.82, 2.24) is 0 Å². The number of halogens is 1. The van der Waals surface area contributed by atoms with Crippen LogP contribution in [0.25, 0.3) is 0 Å². The standard InChI is InChI=1S/C15H10FN3O2Se/c16-13-5-3-12(4-6-13)15(18-10-22)17-9-11-1-7-14(8-2-11)19(20)21/h1-8H,9H2. The van der Waals surface area contributed by atoms with Crippen LogP contribution in [0.2, 0.25) is 0 Å². The third-order valence-electron chi connectivity index (χ3n) is 2.81. The molecule has 0 amide bonds. The van der Waals surface area contributed by atoms with E-state index in [1.807, 2.05) is 0 Å². The first-order valence-corrected chi connectivity index (χ1v) is 7.07. The normalized spacial score (nSPS) is 10.9. The van der Waals surface area contributed by atoms with E-state index in [2.05, 4.69) is 30.3 Å². The monoisotopic (exact) mass is 363 g/mol. The number of nitro benzene ring substituents is 1. The molecule has 110 valence electrons. The summed E-state index contributed by atoms with van der Waals surface area (Å²) in [7, 11) is 0. The van der Waals surface area contributed by atoms with Crippen LogP contribution in [-0.4, -0.2) is 31.0 Å². The van der Waals surface area contributed by atoms with E-state index >= 15 is 0 Å². The van der Waals surface area contributed by atoms with Gasteiger partial charge < -0.3 is 0 Å². The molecule has 0 aliphatic heterocycles. The van der Waals surface area contributed by atoms with Gasteiger partial charge in [-0.3, -0.25) is 0 Å². The summed E-state index contributed by atoms with van der Waals surface area (Å²) in [5.41, 5.74) is 1.49. The molecule has 0 saturated carbocycles. The fraction of sp³-hybridized carbons (Fsp3) is 0.0667. The first kappa shape index (κ1) is 15.9. The average Bonchev–Trinajstić information content (AvgIpc) is 2.53. The van der Waals surface area contributed by atoms with Crippen LogP contribution in [0.4, 0.5) is 10.1 Å². The number of rotatable bonds is 4. The summed E-state index contributed by atoms with van der Waals surface area (Å²) in [4.78, 5) is 18.5. The Morgan fingerprint density at radius 2 is 1.82 bits per heavy atom. The van der Waals surface area contributed by atoms with Gasteiger partial charge in [0.05, 0.1) is 0 Å². The molecule has 5 nitrogen and oxygen atoms in total. The van der Waals surface area contributed by atoms with Crippen molar-refractivity contribution in [2.45, 2.75) is 6.54 Å². The fourth-order valence-corrected chi connectivity index (χ4v) is 1.90. The van der Waals surface area contributed by atoms with Crippen LogP contribution >= 0.6 is 0 Å². The third-order valence-corrected chi connectivity index (χ3v) is 3.00. The Labute approximate surface area is 133 Å². The van der Waals surface area contributed by atoms with E-state index in [1.54, 1.807) is 24.3 Å². The molecule has 2 aromatic carbocycles. The van der Waals surface area contributed by atoms with Crippen molar-refractivity contribution < 1.29 is 9.31 Å². The van der Waals surface area contributed by atoms with Crippen molar-refractivity contribution in [1.29, 1.82) is 0 Å². The van der Waals surface area contributed by atoms with Crippen LogP contribution in [0.5, 0.6) is 0 Å². The number of aliphatic imine (C=N–C) groups is 2. The maximum atomic E-state index is 12.9. The number of nitro groups is 1. The Kier molecular flexibility index (Phi) is 5.44. The molecule has 2 rings (SSSR count). The number of hydrogen-bond donors (Lipinski definition) is 0. The molecule has 0 heterocycles. The van der Waals surface area contributed by atoms with Gasteiger partial charge in [-0.1, -0.05) is 0 Å². The van der Waals surface area contributed by atoms with Gasteiger partial charge in [0.25, 0.3) is 0 Å². The molecular weight excluding hydrogens is 352 g/mol. The van der Waals surface area contributed by atoms with Gasteiger partial charge in [0.1, 0.15) is 0 Å². The summed E-state index contributed by atoms with van der Waals surface area (Å²) >= 11 is 2.53. The second kappa shape index (κ2) is 7.52. The Balaban J connectivity index is 2.21. The van der Waals surface area contributed by atoms with Crippen molar-refractivity contribution in [3.8, 4) is 0 Å². The zero-order valence-electron chi connectivity index (χ0n) is 11.3. The number of hydrogen-bond acceptors (Lipinski definition) is 3. The molecule has 0 aliphatic carbocycles. The van der Waals surface area contributed by atoms with E-state index < -0.39 is 4.92 Å². The zero-order chi connectivity index (χ0) is 15.9. The van der Waals surface area contributed by atoms with Crippen LogP contribution in [0.3, 0.4) is 0 Å². The Bertz CT molecular complexity index is 751. The molecule has 0 spiro atoms. The fourth-order valence-electron chi connectivity index (χ4n) is 1.72. The number of benzene rings is 2. The average molecular weight is 362 g/mol. The quantitative estimate of drug-likeness (QED) is 0.276. The molecule has 22 heavy (non-hydrogen) atoms. The summed E-state index contributed by atoms with van der Waals surface area (Å²) < 4.78 is 15.5. The molecular formula is C15H10FN3O2Se. The SMILES string of the molecule is O=[N+]([O-])c1ccc(CN=C(N=C=[Se])c2ccc(F)cc2)cc1. The predicted molar refractivity (Wildman–Crippen MR) is 82.9 cm³/mol. The minimum atomic E-state index is -0.455. The van der Waals surface area contributed by atoms with E-state index in [0.29, 0.717) is 17.9 Å². The molecule has 2 aromatic rings.